The van der Waals surface area contributed by atoms with E-state index in [1.807, 2.05) is 178 Å². The highest BCUT2D eigenvalue weighted by atomic mass is 19.1. The minimum atomic E-state index is -0.545. The van der Waals surface area contributed by atoms with Crippen LogP contribution in [0, 0.1) is 25.5 Å². The van der Waals surface area contributed by atoms with Gasteiger partial charge < -0.3 is 47.4 Å². The number of carbonyl (C=O) groups excluding carboxylic acids is 8. The van der Waals surface area contributed by atoms with Gasteiger partial charge in [0.15, 0.2) is 39.9 Å². The Bertz CT molecular complexity index is 7530. The highest BCUT2D eigenvalue weighted by Crippen LogP contribution is 2.41. The molecule has 8 N–H and O–H groups in total. The molecule has 4 aliphatic heterocycles. The van der Waals surface area contributed by atoms with Crippen molar-refractivity contribution in [1.82, 2.24) is 103 Å². The zero-order valence-corrected chi connectivity index (χ0v) is 83.2. The highest BCUT2D eigenvalue weighted by molar-refractivity contribution is 6.04. The van der Waals surface area contributed by atoms with Crippen LogP contribution in [0.5, 0.6) is 0 Å². The Morgan fingerprint density at radius 3 is 0.993 bits per heavy atom. The molecule has 35 heteroatoms. The molecule has 149 heavy (non-hydrogen) atoms. The first-order valence-corrected chi connectivity index (χ1v) is 49.7. The summed E-state index contributed by atoms with van der Waals surface area (Å²) in [5.74, 6) is -0.120. The number of Topliss-reactive ketones (excluding diaryl/α,β-unsaturated/α-hetero) is 3. The van der Waals surface area contributed by atoms with Gasteiger partial charge >= 0.3 is 0 Å². The number of ketones is 3. The Balaban J connectivity index is 0.000000135. The van der Waals surface area contributed by atoms with E-state index in [9.17, 15) is 47.1 Å². The molecule has 4 atom stereocenters. The van der Waals surface area contributed by atoms with E-state index in [0.717, 1.165) is 118 Å². The van der Waals surface area contributed by atoms with Crippen molar-refractivity contribution in [3.63, 3.8) is 0 Å². The standard InChI is InChI=1S/2C29H30N6O2.C28H28FN7O2.C28H27FN6O2/c1-3-25(37)34-15-5-8-23(17-34)35-29-26(28(30)31-18-32-29)27(33-35)21-12-9-20(10-13-21)11-14-24(36)22-7-4-6-19(2)16-22;1-3-25(37)34-16-6-8-22(17-34)35-29-26(28(30)31-18-32-29)27(33-35)21-13-10-20(11-14-21)12-15-24(36)23-9-5-4-7-19(23)2;1-3-23(37)35-14-6-7-20(16-35)36-27-24(26(30)31-17-32-27)25(33-36)19-12-10-18(11-13-19)15-34(2)28(38)21-8-4-5-9-22(21)29;1-2-24(37)34-14-4-7-22(16-34)35-28-25(27(30)31-17-32-28)26(33-35)19-11-8-18(9-12-19)10-13-23(36)20-5-3-6-21(29)15-20/h3-4,6-7,9-10,12-13,16,18,23H,1,5,8,11,14-15,17H2,2H3,(H2,30,31,32);3-5,7,9-11,13-14,18,22H,1,6,8,12,15-17H2,2H3,(H2,30,31,32);3-5,8-13,17,20H,1,6-7,14-16H2,2H3,(H2,30,31,32);2-3,5-6,8-9,11-12,15,17,22H,1,4,7,10,13-14,16H2,(H2,30,31,32)/t23-;22-;20-;22-/m1111/s1. The zero-order valence-electron chi connectivity index (χ0n) is 83.2. The average molecular weight is 2000 g/mol. The molecular weight excluding hydrogens is 1890 g/mol. The monoisotopic (exact) mass is 2000 g/mol. The fourth-order valence-corrected chi connectivity index (χ4v) is 19.7. The van der Waals surface area contributed by atoms with Crippen LogP contribution in [0.15, 0.2) is 270 Å². The average Bonchev–Trinajstić information content (AvgIpc) is 1.62. The number of piperidine rings is 4. The summed E-state index contributed by atoms with van der Waals surface area (Å²) in [5, 5.41) is 22.4. The number of aromatic nitrogens is 16. The van der Waals surface area contributed by atoms with E-state index >= 15 is 0 Å². The number of halogens is 2. The minimum absolute atomic E-state index is 0.0184. The maximum absolute atomic E-state index is 14.1. The third kappa shape index (κ3) is 23.3. The van der Waals surface area contributed by atoms with Crippen LogP contribution in [0.4, 0.5) is 32.1 Å². The fraction of sp³-hybridized carbons (Fsp3) is 0.263. The summed E-state index contributed by atoms with van der Waals surface area (Å²) in [7, 11) is 1.64. The molecule has 16 aromatic rings. The molecule has 4 saturated heterocycles. The number of fused-ring (bicyclic) bond motifs is 4. The lowest BCUT2D eigenvalue weighted by atomic mass is 9.98. The first-order chi connectivity index (χ1) is 72.2. The Morgan fingerprint density at radius 1 is 0.362 bits per heavy atom. The van der Waals surface area contributed by atoms with Gasteiger partial charge in [0, 0.05) is 124 Å². The van der Waals surface area contributed by atoms with E-state index in [1.54, 1.807) is 50.9 Å². The molecule has 4 fully saturated rings. The van der Waals surface area contributed by atoms with Crippen molar-refractivity contribution in [2.75, 3.05) is 82.3 Å². The van der Waals surface area contributed by atoms with Crippen LogP contribution in [0.3, 0.4) is 0 Å². The number of hydrogen-bond acceptors (Lipinski definition) is 24. The van der Waals surface area contributed by atoms with Crippen molar-refractivity contribution in [1.29, 1.82) is 0 Å². The number of carbonyl (C=O) groups is 8. The first kappa shape index (κ1) is 103. The third-order valence-corrected chi connectivity index (χ3v) is 27.6. The highest BCUT2D eigenvalue weighted by Gasteiger charge is 2.35. The van der Waals surface area contributed by atoms with Crippen molar-refractivity contribution < 1.29 is 47.1 Å². The first-order valence-electron chi connectivity index (χ1n) is 49.7. The number of benzene rings is 8. The normalized spacial score (nSPS) is 15.6. The molecule has 5 amide bonds. The van der Waals surface area contributed by atoms with Crippen molar-refractivity contribution in [2.24, 2.45) is 0 Å². The van der Waals surface area contributed by atoms with Crippen LogP contribution in [0.2, 0.25) is 0 Å². The van der Waals surface area contributed by atoms with E-state index < -0.39 is 17.5 Å². The number of hydrogen-bond donors (Lipinski definition) is 4. The fourth-order valence-electron chi connectivity index (χ4n) is 19.7. The predicted molar refractivity (Wildman–Crippen MR) is 570 cm³/mol. The molecule has 33 nitrogen and oxygen atoms in total. The van der Waals surface area contributed by atoms with Crippen LogP contribution in [0.25, 0.3) is 89.2 Å². The lowest BCUT2D eigenvalue weighted by molar-refractivity contribution is -0.128. The summed E-state index contributed by atoms with van der Waals surface area (Å²) in [6.45, 7) is 23.6. The number of nitrogens with two attached hydrogens (primary N) is 4. The molecule has 758 valence electrons. The number of likely N-dealkylation sites (tertiary alicyclic amines) is 4. The molecule has 0 spiro atoms. The molecule has 8 aromatic carbocycles. The smallest absolute Gasteiger partial charge is 0.256 e. The van der Waals surface area contributed by atoms with Crippen LogP contribution in [0.1, 0.15) is 170 Å². The van der Waals surface area contributed by atoms with Crippen LogP contribution < -0.4 is 22.9 Å². The quantitative estimate of drug-likeness (QED) is 0.0274. The van der Waals surface area contributed by atoms with Gasteiger partial charge in [0.1, 0.15) is 83.0 Å². The molecule has 12 heterocycles. The summed E-state index contributed by atoms with van der Waals surface area (Å²) in [6, 6.07) is 58.4. The molecule has 4 aliphatic rings. The molecule has 0 saturated carbocycles. The molecule has 0 aliphatic carbocycles. The second kappa shape index (κ2) is 46.6. The maximum atomic E-state index is 14.1. The summed E-state index contributed by atoms with van der Waals surface area (Å²) in [4.78, 5) is 143. The van der Waals surface area contributed by atoms with Gasteiger partial charge in [0.2, 0.25) is 23.6 Å². The Labute approximate surface area is 859 Å². The van der Waals surface area contributed by atoms with E-state index in [-0.39, 0.29) is 77.1 Å². The van der Waals surface area contributed by atoms with Gasteiger partial charge in [-0.25, -0.2) is 67.4 Å². The van der Waals surface area contributed by atoms with Crippen molar-refractivity contribution in [3.05, 3.63) is 337 Å². The summed E-state index contributed by atoms with van der Waals surface area (Å²) >= 11 is 0. The largest absolute Gasteiger partial charge is 0.383 e. The molecule has 0 unspecified atom stereocenters. The summed E-state index contributed by atoms with van der Waals surface area (Å²) in [6.07, 6.45) is 21.0. The van der Waals surface area contributed by atoms with E-state index in [4.69, 9.17) is 43.3 Å². The number of amides is 5. The van der Waals surface area contributed by atoms with Crippen molar-refractivity contribution in [3.8, 4) is 45.0 Å². The number of aryl methyl sites for hydroxylation is 5. The van der Waals surface area contributed by atoms with E-state index in [0.29, 0.717) is 187 Å². The van der Waals surface area contributed by atoms with Gasteiger partial charge in [0.25, 0.3) is 5.91 Å². The Morgan fingerprint density at radius 2 is 0.671 bits per heavy atom. The maximum Gasteiger partial charge on any atom is 0.256 e. The van der Waals surface area contributed by atoms with Gasteiger partial charge in [-0.1, -0.05) is 196 Å². The van der Waals surface area contributed by atoms with Gasteiger partial charge in [0.05, 0.1) is 51.3 Å². The minimum Gasteiger partial charge on any atom is -0.383 e. The molecule has 20 rings (SSSR count). The second-order valence-electron chi connectivity index (χ2n) is 37.5. The third-order valence-electron chi connectivity index (χ3n) is 27.6. The van der Waals surface area contributed by atoms with Gasteiger partial charge in [-0.3, -0.25) is 38.4 Å². The Hall–Kier alpha value is -17.7. The van der Waals surface area contributed by atoms with Crippen LogP contribution in [-0.2, 0) is 45.0 Å². The lowest BCUT2D eigenvalue weighted by Crippen LogP contribution is -2.40. The predicted octanol–water partition coefficient (Wildman–Crippen LogP) is 17.3. The number of nitrogens with zero attached hydrogens (tertiary/aromatic N) is 21. The van der Waals surface area contributed by atoms with Gasteiger partial charge in [-0.2, -0.15) is 20.4 Å². The SMILES string of the molecule is C=CC(=O)N1CCC[C@@H](n2nc(-c3ccc(CCC(=O)c4cccc(C)c4)cc3)c3c(N)ncnc32)C1.C=CC(=O)N1CCC[C@@H](n2nc(-c3ccc(CCC(=O)c4cccc(F)c4)cc3)c3c(N)ncnc32)C1.C=CC(=O)N1CCC[C@@H](n2nc(-c3ccc(CCC(=O)c4ccccc4C)cc3)c3c(N)ncnc32)C1.C=CC(=O)N1CCC[C@@H](n2nc(-c3ccc(CN(C)C(=O)c4ccccc4F)cc3)c3c(N)ncnc32)C1. The van der Waals surface area contributed by atoms with Crippen molar-refractivity contribution in [2.45, 2.75) is 134 Å². The number of anilines is 4. The van der Waals surface area contributed by atoms with Gasteiger partial charge in [-0.15, -0.1) is 0 Å². The molecular formula is C114H115F2N25O8. The number of nitrogen functional groups attached to an aromatic ring is 4. The topological polar surface area (TPSA) is 431 Å². The molecule has 8 aromatic heterocycles. The van der Waals surface area contributed by atoms with Crippen molar-refractivity contribution >= 4 is 114 Å². The van der Waals surface area contributed by atoms with Crippen LogP contribution in [-0.4, -0.2) is 210 Å². The molecule has 0 radical (unpaired) electrons. The zero-order chi connectivity index (χ0) is 105. The number of rotatable bonds is 27. The molecule has 0 bridgehead atoms. The summed E-state index contributed by atoms with van der Waals surface area (Å²) in [5.41, 5.74) is 41.9. The van der Waals surface area contributed by atoms with Gasteiger partial charge in [-0.05, 0) is 167 Å². The Kier molecular flexibility index (Phi) is 32.1. The second-order valence-corrected chi connectivity index (χ2v) is 37.5. The summed E-state index contributed by atoms with van der Waals surface area (Å²) < 4.78 is 35.0. The van der Waals surface area contributed by atoms with Crippen LogP contribution >= 0.6 is 0 Å². The lowest BCUT2D eigenvalue weighted by Gasteiger charge is -2.32. The van der Waals surface area contributed by atoms with E-state index in [1.165, 1.54) is 78.8 Å². The van der Waals surface area contributed by atoms with E-state index in [2.05, 4.69) is 66.2 Å².